The standard InChI is InChI=1S/C55H84N2O5/c1-5-9-11-13-15-17-19-21-23-25-27-29-31-39-45-54(7-3,51(58)59)57(53-56-49(47-41-35-33-36-42-47)50(62-53)48-43-37-34-38-44-48)55(8-4,52(60)61)46-40-32-30-28-26-24-22-20-18-16-14-12-10-6-2/h21-24,33-38,41-44H,5-20,25-32,39-40,45-46H2,1-4H3,(H,58,59)(H,60,61). The van der Waals surface area contributed by atoms with Crippen LogP contribution in [-0.4, -0.2) is 38.2 Å². The highest BCUT2D eigenvalue weighted by Crippen LogP contribution is 2.45. The molecule has 2 aromatic carbocycles. The molecule has 62 heavy (non-hydrogen) atoms. The number of carbonyl (C=O) groups is 2. The molecular formula is C55H84N2O5. The number of aromatic nitrogens is 1. The highest BCUT2D eigenvalue weighted by atomic mass is 16.4. The number of carboxylic acids is 2. The Bertz CT molecular complexity index is 1560. The Morgan fingerprint density at radius 2 is 0.871 bits per heavy atom. The average Bonchev–Trinajstić information content (AvgIpc) is 3.73. The number of aliphatic carboxylic acids is 2. The van der Waals surface area contributed by atoms with E-state index in [0.29, 0.717) is 24.3 Å². The van der Waals surface area contributed by atoms with Crippen molar-refractivity contribution in [2.75, 3.05) is 4.90 Å². The fraction of sp³-hybridized carbons (Fsp3) is 0.618. The fourth-order valence-corrected chi connectivity index (χ4v) is 8.98. The average molecular weight is 853 g/mol. The summed E-state index contributed by atoms with van der Waals surface area (Å²) in [4.78, 5) is 34.6. The van der Waals surface area contributed by atoms with Crippen molar-refractivity contribution in [1.82, 2.24) is 4.98 Å². The number of rotatable bonds is 37. The summed E-state index contributed by atoms with van der Waals surface area (Å²) >= 11 is 0. The van der Waals surface area contributed by atoms with Crippen molar-refractivity contribution in [2.24, 2.45) is 0 Å². The first-order valence-corrected chi connectivity index (χ1v) is 25.0. The quantitative estimate of drug-likeness (QED) is 0.0440. The zero-order chi connectivity index (χ0) is 44.7. The minimum Gasteiger partial charge on any atom is -0.479 e. The summed E-state index contributed by atoms with van der Waals surface area (Å²) in [5.41, 5.74) is -0.935. The zero-order valence-corrected chi connectivity index (χ0v) is 39.4. The molecule has 0 radical (unpaired) electrons. The molecular weight excluding hydrogens is 769 g/mol. The van der Waals surface area contributed by atoms with E-state index in [1.807, 2.05) is 74.5 Å². The number of anilines is 1. The van der Waals surface area contributed by atoms with E-state index >= 15 is 0 Å². The van der Waals surface area contributed by atoms with E-state index in [-0.39, 0.29) is 31.7 Å². The first-order valence-electron chi connectivity index (χ1n) is 25.0. The highest BCUT2D eigenvalue weighted by Gasteiger charge is 2.57. The maximum Gasteiger partial charge on any atom is 0.329 e. The number of hydrogen-bond acceptors (Lipinski definition) is 5. The molecule has 7 nitrogen and oxygen atoms in total. The van der Waals surface area contributed by atoms with Crippen molar-refractivity contribution in [3.63, 3.8) is 0 Å². The van der Waals surface area contributed by atoms with Crippen LogP contribution in [0, 0.1) is 0 Å². The molecule has 0 aliphatic rings. The summed E-state index contributed by atoms with van der Waals surface area (Å²) in [6.07, 6.45) is 37.3. The zero-order valence-electron chi connectivity index (χ0n) is 39.4. The fourth-order valence-electron chi connectivity index (χ4n) is 8.98. The Morgan fingerprint density at radius 1 is 0.516 bits per heavy atom. The number of benzene rings is 2. The van der Waals surface area contributed by atoms with Crippen molar-refractivity contribution in [1.29, 1.82) is 0 Å². The predicted octanol–water partition coefficient (Wildman–Crippen LogP) is 16.6. The van der Waals surface area contributed by atoms with Crippen molar-refractivity contribution in [3.05, 3.63) is 85.0 Å². The van der Waals surface area contributed by atoms with E-state index in [1.54, 1.807) is 4.90 Å². The van der Waals surface area contributed by atoms with Crippen LogP contribution in [0.5, 0.6) is 0 Å². The van der Waals surface area contributed by atoms with E-state index in [0.717, 1.165) is 75.3 Å². The molecule has 0 bridgehead atoms. The van der Waals surface area contributed by atoms with Crippen molar-refractivity contribution >= 4 is 18.0 Å². The van der Waals surface area contributed by atoms with Gasteiger partial charge in [-0.3, -0.25) is 4.90 Å². The number of hydrogen-bond donors (Lipinski definition) is 2. The summed E-state index contributed by atoms with van der Waals surface area (Å²) < 4.78 is 6.75. The van der Waals surface area contributed by atoms with E-state index in [1.165, 1.54) is 77.0 Å². The van der Waals surface area contributed by atoms with Crippen LogP contribution in [-0.2, 0) is 9.59 Å². The molecule has 3 aromatic rings. The molecule has 2 atom stereocenters. The second kappa shape index (κ2) is 30.8. The number of oxazole rings is 1. The van der Waals surface area contributed by atoms with Gasteiger partial charge in [0.05, 0.1) is 0 Å². The van der Waals surface area contributed by atoms with Gasteiger partial charge in [-0.05, 0) is 77.0 Å². The molecule has 0 aliphatic carbocycles. The van der Waals surface area contributed by atoms with Crippen LogP contribution in [0.4, 0.5) is 6.01 Å². The van der Waals surface area contributed by atoms with Gasteiger partial charge in [-0.1, -0.05) is 215 Å². The molecule has 7 heteroatoms. The summed E-state index contributed by atoms with van der Waals surface area (Å²) in [6, 6.07) is 19.5. The Kier molecular flexibility index (Phi) is 26.0. The molecule has 0 saturated carbocycles. The summed E-state index contributed by atoms with van der Waals surface area (Å²) in [6.45, 7) is 8.25. The van der Waals surface area contributed by atoms with E-state index < -0.39 is 23.0 Å². The maximum atomic E-state index is 13.9. The summed E-state index contributed by atoms with van der Waals surface area (Å²) in [7, 11) is 0. The smallest absolute Gasteiger partial charge is 0.329 e. The minimum atomic E-state index is -1.56. The molecule has 344 valence electrons. The third-order valence-electron chi connectivity index (χ3n) is 12.9. The highest BCUT2D eigenvalue weighted by molar-refractivity contribution is 5.91. The van der Waals surface area contributed by atoms with Gasteiger partial charge in [0.15, 0.2) is 5.76 Å². The second-order valence-electron chi connectivity index (χ2n) is 17.6. The molecule has 2 N–H and O–H groups in total. The Labute approximate surface area is 376 Å². The van der Waals surface area contributed by atoms with Gasteiger partial charge in [0, 0.05) is 11.1 Å². The van der Waals surface area contributed by atoms with Gasteiger partial charge >= 0.3 is 11.9 Å². The van der Waals surface area contributed by atoms with Crippen LogP contribution in [0.1, 0.15) is 207 Å². The van der Waals surface area contributed by atoms with E-state index in [4.69, 9.17) is 9.40 Å². The van der Waals surface area contributed by atoms with Crippen molar-refractivity contribution in [3.8, 4) is 22.6 Å². The van der Waals surface area contributed by atoms with E-state index in [2.05, 4.69) is 38.2 Å². The van der Waals surface area contributed by atoms with Gasteiger partial charge < -0.3 is 14.6 Å². The second-order valence-corrected chi connectivity index (χ2v) is 17.6. The van der Waals surface area contributed by atoms with Gasteiger partial charge in [0.25, 0.3) is 6.01 Å². The summed E-state index contributed by atoms with van der Waals surface area (Å²) in [5, 5.41) is 22.8. The largest absolute Gasteiger partial charge is 0.479 e. The first kappa shape index (κ1) is 52.2. The van der Waals surface area contributed by atoms with Crippen LogP contribution < -0.4 is 4.90 Å². The molecule has 0 saturated heterocycles. The molecule has 1 aromatic heterocycles. The van der Waals surface area contributed by atoms with Gasteiger partial charge in [-0.2, -0.15) is 4.98 Å². The lowest BCUT2D eigenvalue weighted by atomic mass is 9.78. The third-order valence-corrected chi connectivity index (χ3v) is 12.9. The predicted molar refractivity (Wildman–Crippen MR) is 261 cm³/mol. The first-order chi connectivity index (χ1) is 30.3. The molecule has 0 fully saturated rings. The summed E-state index contributed by atoms with van der Waals surface area (Å²) in [5.74, 6) is -1.58. The lowest BCUT2D eigenvalue weighted by Gasteiger charge is -2.49. The number of unbranched alkanes of at least 4 members (excludes halogenated alkanes) is 20. The number of allylic oxidation sites excluding steroid dienone is 4. The molecule has 0 aliphatic heterocycles. The maximum absolute atomic E-state index is 13.9. The SMILES string of the molecule is CCCCCCCCC=CCCCCCCC(CC)(C(=O)O)N(c1nc(-c2ccccc2)c(-c2ccccc2)o1)C(CC)(CCCCCCC=CCCCCCCCC)C(=O)O. The lowest BCUT2D eigenvalue weighted by Crippen LogP contribution is -2.67. The van der Waals surface area contributed by atoms with Crippen LogP contribution in [0.2, 0.25) is 0 Å². The number of nitrogens with zero attached hydrogens (tertiary/aromatic N) is 2. The van der Waals surface area contributed by atoms with Crippen molar-refractivity contribution in [2.45, 2.75) is 219 Å². The Morgan fingerprint density at radius 3 is 1.24 bits per heavy atom. The normalized spacial score (nSPS) is 13.7. The Balaban J connectivity index is 1.85. The van der Waals surface area contributed by atoms with Gasteiger partial charge in [-0.15, -0.1) is 0 Å². The monoisotopic (exact) mass is 853 g/mol. The third kappa shape index (κ3) is 16.9. The van der Waals surface area contributed by atoms with E-state index in [9.17, 15) is 19.8 Å². The molecule has 3 rings (SSSR count). The van der Waals surface area contributed by atoms with Gasteiger partial charge in [-0.25, -0.2) is 9.59 Å². The molecule has 0 spiro atoms. The van der Waals surface area contributed by atoms with Crippen LogP contribution in [0.15, 0.2) is 89.4 Å². The van der Waals surface area contributed by atoms with Gasteiger partial charge in [0.2, 0.25) is 0 Å². The van der Waals surface area contributed by atoms with Crippen LogP contribution in [0.25, 0.3) is 22.6 Å². The molecule has 1 heterocycles. The molecule has 0 amide bonds. The minimum absolute atomic E-state index is 0.0576. The van der Waals surface area contributed by atoms with Crippen LogP contribution in [0.3, 0.4) is 0 Å². The number of carboxylic acid groups (broad SMARTS) is 2. The van der Waals surface area contributed by atoms with Crippen molar-refractivity contribution < 1.29 is 24.2 Å². The van der Waals surface area contributed by atoms with Crippen LogP contribution >= 0.6 is 0 Å². The topological polar surface area (TPSA) is 104 Å². The Hall–Kier alpha value is -4.13. The molecule has 2 unspecified atom stereocenters. The van der Waals surface area contributed by atoms with Gasteiger partial charge in [0.1, 0.15) is 16.8 Å². The lowest BCUT2D eigenvalue weighted by molar-refractivity contribution is -0.149.